The minimum absolute atomic E-state index is 0.0765. The number of allylic oxidation sites excluding steroid dienone is 5. The van der Waals surface area contributed by atoms with E-state index < -0.39 is 12.1 Å². The van der Waals surface area contributed by atoms with Gasteiger partial charge in [0.2, 0.25) is 5.91 Å². The highest BCUT2D eigenvalue weighted by Gasteiger charge is 2.18. The van der Waals surface area contributed by atoms with Crippen molar-refractivity contribution in [1.82, 2.24) is 5.32 Å². The molecule has 0 aliphatic heterocycles. The molecule has 0 rings (SSSR count). The van der Waals surface area contributed by atoms with Crippen molar-refractivity contribution in [2.45, 2.75) is 321 Å². The average molecular weight is 871 g/mol. The summed E-state index contributed by atoms with van der Waals surface area (Å²) in [5.41, 5.74) is 0. The monoisotopic (exact) mass is 870 g/mol. The number of hydrogen-bond donors (Lipinski definition) is 3. The molecule has 2 atom stereocenters. The van der Waals surface area contributed by atoms with Gasteiger partial charge in [0.25, 0.3) is 0 Å². The molecule has 0 radical (unpaired) electrons. The van der Waals surface area contributed by atoms with Crippen molar-refractivity contribution in [3.8, 4) is 0 Å². The second-order valence-corrected chi connectivity index (χ2v) is 19.4. The van der Waals surface area contributed by atoms with Crippen LogP contribution in [0.1, 0.15) is 309 Å². The van der Waals surface area contributed by atoms with E-state index in [1.165, 1.54) is 250 Å². The number of aliphatic hydroxyl groups excluding tert-OH is 2. The summed E-state index contributed by atoms with van der Waals surface area (Å²) in [6.45, 7) is 4.08. The smallest absolute Gasteiger partial charge is 0.220 e. The Labute approximate surface area is 389 Å². The predicted octanol–water partition coefficient (Wildman–Crippen LogP) is 18.5. The van der Waals surface area contributed by atoms with E-state index in [4.69, 9.17) is 0 Å². The van der Waals surface area contributed by atoms with E-state index in [1.807, 2.05) is 13.0 Å². The highest BCUT2D eigenvalue weighted by Crippen LogP contribution is 2.18. The van der Waals surface area contributed by atoms with Crippen molar-refractivity contribution >= 4 is 5.91 Å². The molecule has 4 heteroatoms. The summed E-state index contributed by atoms with van der Waals surface area (Å²) >= 11 is 0. The van der Waals surface area contributed by atoms with Gasteiger partial charge in [0, 0.05) is 6.42 Å². The molecule has 3 N–H and O–H groups in total. The molecule has 0 heterocycles. The quantitative estimate of drug-likeness (QED) is 0.0421. The second-order valence-electron chi connectivity index (χ2n) is 19.4. The third-order valence-corrected chi connectivity index (χ3v) is 13.2. The Kier molecular flexibility index (Phi) is 52.7. The van der Waals surface area contributed by atoms with E-state index in [9.17, 15) is 15.0 Å². The predicted molar refractivity (Wildman–Crippen MR) is 276 cm³/mol. The van der Waals surface area contributed by atoms with Crippen molar-refractivity contribution in [3.05, 3.63) is 36.5 Å². The molecule has 0 fully saturated rings. The van der Waals surface area contributed by atoms with E-state index >= 15 is 0 Å². The molecule has 0 aliphatic carbocycles. The number of carbonyl (C=O) groups is 1. The van der Waals surface area contributed by atoms with Gasteiger partial charge in [0.15, 0.2) is 0 Å². The van der Waals surface area contributed by atoms with Gasteiger partial charge in [-0.25, -0.2) is 0 Å². The number of unbranched alkanes of at least 4 members (excludes halogenated alkanes) is 42. The van der Waals surface area contributed by atoms with Crippen LogP contribution in [-0.2, 0) is 4.79 Å². The van der Waals surface area contributed by atoms with Crippen LogP contribution in [0.2, 0.25) is 0 Å². The summed E-state index contributed by atoms with van der Waals surface area (Å²) in [4.78, 5) is 12.4. The Hall–Kier alpha value is -1.39. The van der Waals surface area contributed by atoms with Crippen LogP contribution in [0.25, 0.3) is 0 Å². The van der Waals surface area contributed by atoms with Crippen molar-refractivity contribution < 1.29 is 15.0 Å². The molecule has 0 saturated heterocycles. The van der Waals surface area contributed by atoms with Crippen LogP contribution < -0.4 is 5.32 Å². The molecule has 0 aromatic rings. The first kappa shape index (κ1) is 60.6. The fourth-order valence-corrected chi connectivity index (χ4v) is 8.93. The molecule has 2 unspecified atom stereocenters. The molecule has 4 nitrogen and oxygen atoms in total. The van der Waals surface area contributed by atoms with Crippen molar-refractivity contribution in [2.75, 3.05) is 6.61 Å². The zero-order valence-electron chi connectivity index (χ0n) is 42.2. The van der Waals surface area contributed by atoms with Crippen LogP contribution >= 0.6 is 0 Å². The summed E-state index contributed by atoms with van der Waals surface area (Å²) in [5, 5.41) is 22.9. The van der Waals surface area contributed by atoms with Crippen molar-refractivity contribution in [3.63, 3.8) is 0 Å². The Morgan fingerprint density at radius 1 is 0.403 bits per heavy atom. The first-order chi connectivity index (χ1) is 30.7. The van der Waals surface area contributed by atoms with Gasteiger partial charge in [0.1, 0.15) is 0 Å². The van der Waals surface area contributed by atoms with Crippen molar-refractivity contribution in [2.24, 2.45) is 0 Å². The molecule has 0 saturated carbocycles. The van der Waals surface area contributed by atoms with E-state index in [0.29, 0.717) is 6.42 Å². The van der Waals surface area contributed by atoms with Gasteiger partial charge < -0.3 is 15.5 Å². The van der Waals surface area contributed by atoms with E-state index in [0.717, 1.165) is 38.5 Å². The van der Waals surface area contributed by atoms with Gasteiger partial charge in [-0.2, -0.15) is 0 Å². The maximum absolute atomic E-state index is 12.4. The van der Waals surface area contributed by atoms with Crippen LogP contribution in [0, 0.1) is 0 Å². The van der Waals surface area contributed by atoms with Crippen molar-refractivity contribution in [1.29, 1.82) is 0 Å². The summed E-state index contributed by atoms with van der Waals surface area (Å²) < 4.78 is 0. The van der Waals surface area contributed by atoms with Gasteiger partial charge in [0.05, 0.1) is 18.8 Å². The lowest BCUT2D eigenvalue weighted by atomic mass is 10.0. The van der Waals surface area contributed by atoms with Gasteiger partial charge >= 0.3 is 0 Å². The second kappa shape index (κ2) is 53.9. The largest absolute Gasteiger partial charge is 0.394 e. The number of rotatable bonds is 52. The first-order valence-corrected chi connectivity index (χ1v) is 28.2. The number of amides is 1. The Balaban J connectivity index is 3.30. The molecule has 1 amide bonds. The van der Waals surface area contributed by atoms with E-state index in [2.05, 4.69) is 36.5 Å². The summed E-state index contributed by atoms with van der Waals surface area (Å²) in [7, 11) is 0. The lowest BCUT2D eigenvalue weighted by Gasteiger charge is -2.19. The van der Waals surface area contributed by atoms with Crippen LogP contribution in [0.4, 0.5) is 0 Å². The minimum atomic E-state index is -0.866. The molecule has 0 aromatic carbocycles. The Morgan fingerprint density at radius 2 is 0.661 bits per heavy atom. The van der Waals surface area contributed by atoms with E-state index in [1.54, 1.807) is 6.08 Å². The molecule has 0 spiro atoms. The SMILES string of the molecule is C/C=C/CC/C=C/CC/C=C/C(O)C(CO)NC(=O)CCCCCCCCCCCCCCCCCCCCCCCCCCCCCCCCCCCCCCCCCCC. The Morgan fingerprint density at radius 3 is 0.935 bits per heavy atom. The first-order valence-electron chi connectivity index (χ1n) is 28.2. The Bertz CT molecular complexity index is 943. The fraction of sp³-hybridized carbons (Fsp3) is 0.879. The summed E-state index contributed by atoms with van der Waals surface area (Å²) in [5.74, 6) is -0.0765. The van der Waals surface area contributed by atoms with Crippen LogP contribution in [-0.4, -0.2) is 34.9 Å². The molecule has 0 bridgehead atoms. The lowest BCUT2D eigenvalue weighted by molar-refractivity contribution is -0.123. The molecule has 0 aromatic heterocycles. The molecule has 366 valence electrons. The number of carbonyl (C=O) groups excluding carboxylic acids is 1. The minimum Gasteiger partial charge on any atom is -0.394 e. The van der Waals surface area contributed by atoms with Gasteiger partial charge in [-0.3, -0.25) is 4.79 Å². The maximum Gasteiger partial charge on any atom is 0.220 e. The molecular formula is C58H111NO3. The number of aliphatic hydroxyl groups is 2. The number of hydrogen-bond acceptors (Lipinski definition) is 3. The van der Waals surface area contributed by atoms with E-state index in [-0.39, 0.29) is 12.5 Å². The van der Waals surface area contributed by atoms with Gasteiger partial charge in [-0.1, -0.05) is 300 Å². The molecule has 0 aliphatic rings. The summed E-state index contributed by atoms with van der Waals surface area (Å²) in [6.07, 6.45) is 73.7. The average Bonchev–Trinajstić information content (AvgIpc) is 3.28. The lowest BCUT2D eigenvalue weighted by Crippen LogP contribution is -2.45. The third-order valence-electron chi connectivity index (χ3n) is 13.2. The van der Waals surface area contributed by atoms with Gasteiger partial charge in [-0.05, 0) is 39.0 Å². The highest BCUT2D eigenvalue weighted by atomic mass is 16.3. The van der Waals surface area contributed by atoms with Crippen LogP contribution in [0.3, 0.4) is 0 Å². The topological polar surface area (TPSA) is 69.6 Å². The molecular weight excluding hydrogens is 759 g/mol. The normalized spacial score (nSPS) is 13.0. The number of nitrogens with one attached hydrogen (secondary N) is 1. The third kappa shape index (κ3) is 49.6. The standard InChI is InChI=1S/C58H111NO3/c1-3-5-7-9-11-13-14-15-16-17-18-19-20-21-22-23-24-25-26-27-28-29-30-31-32-33-34-35-36-37-38-39-40-41-42-43-44-46-48-50-52-54-58(62)59-56(55-60)57(61)53-51-49-47-45-12-10-8-6-4-2/h4,6,12,45,51,53,56-57,60-61H,3,5,7-11,13-44,46-50,52,54-55H2,1-2H3,(H,59,62)/b6-4+,45-12+,53-51+. The summed E-state index contributed by atoms with van der Waals surface area (Å²) in [6, 6.07) is -0.641. The van der Waals surface area contributed by atoms with Crippen LogP contribution in [0.15, 0.2) is 36.5 Å². The fourth-order valence-electron chi connectivity index (χ4n) is 8.93. The maximum atomic E-state index is 12.4. The zero-order valence-corrected chi connectivity index (χ0v) is 42.2. The molecule has 62 heavy (non-hydrogen) atoms. The highest BCUT2D eigenvalue weighted by molar-refractivity contribution is 5.76. The van der Waals surface area contributed by atoms with Gasteiger partial charge in [-0.15, -0.1) is 0 Å². The zero-order chi connectivity index (χ0) is 44.9. The van der Waals surface area contributed by atoms with Crippen LogP contribution in [0.5, 0.6) is 0 Å².